The molecule has 2 aromatic carbocycles. The third kappa shape index (κ3) is 5.30. The van der Waals surface area contributed by atoms with Gasteiger partial charge in [0.25, 0.3) is 5.91 Å². The van der Waals surface area contributed by atoms with Crippen molar-refractivity contribution in [2.45, 2.75) is 18.2 Å². The number of methoxy groups -OCH3 is 1. The minimum Gasteiger partial charge on any atom is -0.497 e. The zero-order valence-electron chi connectivity index (χ0n) is 14.3. The van der Waals surface area contributed by atoms with Crippen LogP contribution in [0.5, 0.6) is 5.75 Å². The third-order valence-corrected chi connectivity index (χ3v) is 5.18. The van der Waals surface area contributed by atoms with Crippen LogP contribution in [0.15, 0.2) is 53.4 Å². The van der Waals surface area contributed by atoms with Gasteiger partial charge in [0.05, 0.1) is 12.0 Å². The number of carbonyl (C=O) groups excluding carboxylic acids is 1. The van der Waals surface area contributed by atoms with E-state index in [0.717, 1.165) is 5.56 Å². The summed E-state index contributed by atoms with van der Waals surface area (Å²) in [6.45, 7) is 2.54. The molecule has 0 unspecified atom stereocenters. The number of sulfonamides is 1. The van der Waals surface area contributed by atoms with E-state index in [2.05, 4.69) is 10.0 Å². The first-order valence-corrected chi connectivity index (χ1v) is 9.45. The molecule has 0 bridgehead atoms. The Kier molecular flexibility index (Phi) is 6.55. The van der Waals surface area contributed by atoms with Crippen LogP contribution in [-0.2, 0) is 16.4 Å². The average molecular weight is 362 g/mol. The van der Waals surface area contributed by atoms with Crippen molar-refractivity contribution in [3.8, 4) is 5.75 Å². The summed E-state index contributed by atoms with van der Waals surface area (Å²) in [6, 6.07) is 13.5. The van der Waals surface area contributed by atoms with Crippen LogP contribution in [0.1, 0.15) is 22.8 Å². The number of nitrogens with one attached hydrogen (secondary N) is 2. The van der Waals surface area contributed by atoms with Gasteiger partial charge in [-0.2, -0.15) is 0 Å². The lowest BCUT2D eigenvalue weighted by molar-refractivity contribution is 0.0954. The lowest BCUT2D eigenvalue weighted by Crippen LogP contribution is -2.25. The molecule has 7 heteroatoms. The van der Waals surface area contributed by atoms with Gasteiger partial charge in [0.2, 0.25) is 10.0 Å². The Balaban J connectivity index is 1.88. The Morgan fingerprint density at radius 1 is 1.04 bits per heavy atom. The van der Waals surface area contributed by atoms with Gasteiger partial charge in [-0.3, -0.25) is 4.79 Å². The molecule has 134 valence electrons. The quantitative estimate of drug-likeness (QED) is 0.752. The highest BCUT2D eigenvalue weighted by molar-refractivity contribution is 7.89. The first-order chi connectivity index (χ1) is 12.0. The highest BCUT2D eigenvalue weighted by atomic mass is 32.2. The summed E-state index contributed by atoms with van der Waals surface area (Å²) in [6.07, 6.45) is 0.615. The first kappa shape index (κ1) is 19.0. The van der Waals surface area contributed by atoms with Gasteiger partial charge >= 0.3 is 0 Å². The molecule has 0 heterocycles. The van der Waals surface area contributed by atoms with Crippen LogP contribution in [0.25, 0.3) is 0 Å². The molecule has 2 N–H and O–H groups in total. The second-order valence-electron chi connectivity index (χ2n) is 5.38. The van der Waals surface area contributed by atoms with E-state index in [1.807, 2.05) is 0 Å². The molecule has 0 aliphatic carbocycles. The standard InChI is InChI=1S/C18H22N2O4S/c1-3-20-25(22,23)17-10-4-14(5-11-17)12-13-19-18(21)15-6-8-16(24-2)9-7-15/h4-11,20H,3,12-13H2,1-2H3,(H,19,21). The highest BCUT2D eigenvalue weighted by Gasteiger charge is 2.12. The lowest BCUT2D eigenvalue weighted by Gasteiger charge is -2.08. The molecule has 0 saturated carbocycles. The Morgan fingerprint density at radius 2 is 1.68 bits per heavy atom. The molecule has 0 spiro atoms. The molecular weight excluding hydrogens is 340 g/mol. The van der Waals surface area contributed by atoms with Crippen LogP contribution in [-0.4, -0.2) is 34.5 Å². The summed E-state index contributed by atoms with van der Waals surface area (Å²) in [5, 5.41) is 2.84. The topological polar surface area (TPSA) is 84.5 Å². The monoisotopic (exact) mass is 362 g/mol. The number of carbonyl (C=O) groups is 1. The summed E-state index contributed by atoms with van der Waals surface area (Å²) >= 11 is 0. The molecule has 25 heavy (non-hydrogen) atoms. The van der Waals surface area contributed by atoms with E-state index in [0.29, 0.717) is 30.8 Å². The van der Waals surface area contributed by atoms with Crippen molar-refractivity contribution in [3.05, 3.63) is 59.7 Å². The van der Waals surface area contributed by atoms with E-state index in [1.54, 1.807) is 62.6 Å². The van der Waals surface area contributed by atoms with Gasteiger partial charge in [-0.25, -0.2) is 13.1 Å². The Morgan fingerprint density at radius 3 is 2.24 bits per heavy atom. The zero-order chi connectivity index (χ0) is 18.3. The smallest absolute Gasteiger partial charge is 0.251 e. The number of hydrogen-bond acceptors (Lipinski definition) is 4. The van der Waals surface area contributed by atoms with E-state index in [-0.39, 0.29) is 10.8 Å². The fourth-order valence-electron chi connectivity index (χ4n) is 2.27. The molecule has 0 radical (unpaired) electrons. The van der Waals surface area contributed by atoms with E-state index in [9.17, 15) is 13.2 Å². The largest absolute Gasteiger partial charge is 0.497 e. The Bertz CT molecular complexity index is 800. The highest BCUT2D eigenvalue weighted by Crippen LogP contribution is 2.12. The van der Waals surface area contributed by atoms with Crippen molar-refractivity contribution >= 4 is 15.9 Å². The van der Waals surface area contributed by atoms with Crippen molar-refractivity contribution in [3.63, 3.8) is 0 Å². The first-order valence-electron chi connectivity index (χ1n) is 7.97. The van der Waals surface area contributed by atoms with Crippen LogP contribution in [0.2, 0.25) is 0 Å². The predicted octanol–water partition coefficient (Wildman–Crippen LogP) is 1.97. The van der Waals surface area contributed by atoms with Gasteiger partial charge in [0.1, 0.15) is 5.75 Å². The van der Waals surface area contributed by atoms with Crippen LogP contribution >= 0.6 is 0 Å². The van der Waals surface area contributed by atoms with Crippen LogP contribution in [0, 0.1) is 0 Å². The van der Waals surface area contributed by atoms with Crippen molar-refractivity contribution in [2.24, 2.45) is 0 Å². The molecule has 1 amide bonds. The second-order valence-corrected chi connectivity index (χ2v) is 7.15. The second kappa shape index (κ2) is 8.64. The molecule has 0 aliphatic rings. The van der Waals surface area contributed by atoms with Crippen LogP contribution in [0.3, 0.4) is 0 Å². The van der Waals surface area contributed by atoms with Gasteiger partial charge in [-0.15, -0.1) is 0 Å². The van der Waals surface area contributed by atoms with Crippen molar-refractivity contribution in [1.29, 1.82) is 0 Å². The lowest BCUT2D eigenvalue weighted by atomic mass is 10.1. The van der Waals surface area contributed by atoms with E-state index in [1.165, 1.54) is 0 Å². The molecule has 0 atom stereocenters. The summed E-state index contributed by atoms with van der Waals surface area (Å²) in [5.41, 5.74) is 1.51. The maximum absolute atomic E-state index is 12.1. The number of rotatable bonds is 8. The molecule has 6 nitrogen and oxygen atoms in total. The summed E-state index contributed by atoms with van der Waals surface area (Å²) in [7, 11) is -1.86. The SMILES string of the molecule is CCNS(=O)(=O)c1ccc(CCNC(=O)c2ccc(OC)cc2)cc1. The zero-order valence-corrected chi connectivity index (χ0v) is 15.1. The average Bonchev–Trinajstić information content (AvgIpc) is 2.62. The summed E-state index contributed by atoms with van der Waals surface area (Å²) in [4.78, 5) is 12.3. The van der Waals surface area contributed by atoms with Crippen LogP contribution < -0.4 is 14.8 Å². The third-order valence-electron chi connectivity index (χ3n) is 3.62. The van der Waals surface area contributed by atoms with E-state index >= 15 is 0 Å². The fraction of sp³-hybridized carbons (Fsp3) is 0.278. The van der Waals surface area contributed by atoms with E-state index in [4.69, 9.17) is 4.74 Å². The van der Waals surface area contributed by atoms with Gasteiger partial charge in [0.15, 0.2) is 0 Å². The molecule has 0 saturated heterocycles. The van der Waals surface area contributed by atoms with Gasteiger partial charge in [-0.05, 0) is 48.4 Å². The molecular formula is C18H22N2O4S. The number of ether oxygens (including phenoxy) is 1. The minimum atomic E-state index is -3.43. The van der Waals surface area contributed by atoms with Crippen molar-refractivity contribution in [1.82, 2.24) is 10.0 Å². The predicted molar refractivity (Wildman–Crippen MR) is 96.3 cm³/mol. The van der Waals surface area contributed by atoms with Gasteiger partial charge < -0.3 is 10.1 Å². The number of hydrogen-bond donors (Lipinski definition) is 2. The summed E-state index contributed by atoms with van der Waals surface area (Å²) < 4.78 is 31.3. The maximum atomic E-state index is 12.1. The summed E-state index contributed by atoms with van der Waals surface area (Å²) in [5.74, 6) is 0.540. The molecule has 0 aliphatic heterocycles. The molecule has 0 fully saturated rings. The molecule has 2 aromatic rings. The Labute approximate surface area is 148 Å². The maximum Gasteiger partial charge on any atom is 0.251 e. The van der Waals surface area contributed by atoms with Crippen LogP contribution in [0.4, 0.5) is 0 Å². The number of amides is 1. The van der Waals surface area contributed by atoms with Gasteiger partial charge in [0, 0.05) is 18.7 Å². The normalized spacial score (nSPS) is 11.1. The molecule has 0 aromatic heterocycles. The minimum absolute atomic E-state index is 0.158. The van der Waals surface area contributed by atoms with Gasteiger partial charge in [-0.1, -0.05) is 19.1 Å². The molecule has 2 rings (SSSR count). The number of benzene rings is 2. The van der Waals surface area contributed by atoms with Crippen molar-refractivity contribution in [2.75, 3.05) is 20.2 Å². The van der Waals surface area contributed by atoms with Crippen molar-refractivity contribution < 1.29 is 17.9 Å². The van der Waals surface area contributed by atoms with E-state index < -0.39 is 10.0 Å². The fourth-order valence-corrected chi connectivity index (χ4v) is 3.31. The Hall–Kier alpha value is -2.38.